The summed E-state index contributed by atoms with van der Waals surface area (Å²) in [6.07, 6.45) is 3.57. The Balaban J connectivity index is 1.77. The Morgan fingerprint density at radius 1 is 1.17 bits per heavy atom. The van der Waals surface area contributed by atoms with Gasteiger partial charge in [0, 0.05) is 29.3 Å². The molecular formula is C18H18BrN3O2. The zero-order valence-corrected chi connectivity index (χ0v) is 15.0. The van der Waals surface area contributed by atoms with E-state index in [0.717, 1.165) is 36.0 Å². The Morgan fingerprint density at radius 2 is 1.92 bits per heavy atom. The van der Waals surface area contributed by atoms with Crippen LogP contribution in [0.3, 0.4) is 0 Å². The molecule has 2 aromatic rings. The summed E-state index contributed by atoms with van der Waals surface area (Å²) in [5.41, 5.74) is 2.49. The molecule has 1 aliphatic heterocycles. The van der Waals surface area contributed by atoms with Gasteiger partial charge in [-0.2, -0.15) is 0 Å². The van der Waals surface area contributed by atoms with Crippen molar-refractivity contribution in [1.82, 2.24) is 9.88 Å². The summed E-state index contributed by atoms with van der Waals surface area (Å²) in [4.78, 5) is 30.8. The predicted molar refractivity (Wildman–Crippen MR) is 96.2 cm³/mol. The summed E-state index contributed by atoms with van der Waals surface area (Å²) >= 11 is 3.43. The van der Waals surface area contributed by atoms with Crippen molar-refractivity contribution in [2.24, 2.45) is 0 Å². The maximum Gasteiger partial charge on any atom is 0.274 e. The van der Waals surface area contributed by atoms with E-state index >= 15 is 0 Å². The van der Waals surface area contributed by atoms with Crippen LogP contribution in [0.2, 0.25) is 0 Å². The summed E-state index contributed by atoms with van der Waals surface area (Å²) in [6, 6.07) is 8.88. The van der Waals surface area contributed by atoms with Crippen molar-refractivity contribution >= 4 is 33.4 Å². The van der Waals surface area contributed by atoms with Crippen molar-refractivity contribution in [3.8, 4) is 0 Å². The molecule has 0 saturated carbocycles. The van der Waals surface area contributed by atoms with E-state index in [4.69, 9.17) is 0 Å². The second-order valence-electron chi connectivity index (χ2n) is 5.87. The lowest BCUT2D eigenvalue weighted by Crippen LogP contribution is -2.28. The number of anilines is 1. The highest BCUT2D eigenvalue weighted by molar-refractivity contribution is 9.10. The first-order valence-corrected chi connectivity index (χ1v) is 8.67. The molecular weight excluding hydrogens is 370 g/mol. The third kappa shape index (κ3) is 3.64. The van der Waals surface area contributed by atoms with Crippen molar-refractivity contribution < 1.29 is 9.59 Å². The molecule has 0 unspecified atom stereocenters. The number of nitrogens with one attached hydrogen (secondary N) is 1. The van der Waals surface area contributed by atoms with E-state index in [1.165, 1.54) is 6.20 Å². The molecule has 3 rings (SSSR count). The Kier molecular flexibility index (Phi) is 4.94. The third-order valence-corrected chi connectivity index (χ3v) is 4.66. The average molecular weight is 388 g/mol. The quantitative estimate of drug-likeness (QED) is 0.874. The highest BCUT2D eigenvalue weighted by Gasteiger charge is 2.20. The van der Waals surface area contributed by atoms with Gasteiger partial charge in [-0.1, -0.05) is 6.07 Å². The Bertz CT molecular complexity index is 786. The average Bonchev–Trinajstić information content (AvgIpc) is 3.11. The van der Waals surface area contributed by atoms with Crippen LogP contribution < -0.4 is 5.32 Å². The number of aryl methyl sites for hydroxylation is 1. The van der Waals surface area contributed by atoms with Crippen LogP contribution >= 0.6 is 15.9 Å². The van der Waals surface area contributed by atoms with Gasteiger partial charge in [-0.3, -0.25) is 14.6 Å². The van der Waals surface area contributed by atoms with E-state index in [-0.39, 0.29) is 17.5 Å². The molecule has 24 heavy (non-hydrogen) atoms. The van der Waals surface area contributed by atoms with Gasteiger partial charge < -0.3 is 10.2 Å². The first-order chi connectivity index (χ1) is 11.5. The molecule has 1 aromatic carbocycles. The summed E-state index contributed by atoms with van der Waals surface area (Å²) in [5, 5.41) is 2.82. The van der Waals surface area contributed by atoms with Crippen molar-refractivity contribution in [3.63, 3.8) is 0 Å². The molecule has 1 aromatic heterocycles. The smallest absolute Gasteiger partial charge is 0.274 e. The number of halogens is 1. The molecule has 2 amide bonds. The first kappa shape index (κ1) is 16.6. The normalized spacial score (nSPS) is 13.8. The molecule has 1 aliphatic rings. The molecule has 0 aliphatic carbocycles. The second kappa shape index (κ2) is 7.13. The number of benzene rings is 1. The van der Waals surface area contributed by atoms with Gasteiger partial charge in [-0.25, -0.2) is 0 Å². The van der Waals surface area contributed by atoms with E-state index in [1.807, 2.05) is 30.0 Å². The summed E-state index contributed by atoms with van der Waals surface area (Å²) < 4.78 is 0.806. The number of hydrogen-bond donors (Lipinski definition) is 1. The molecule has 0 radical (unpaired) electrons. The van der Waals surface area contributed by atoms with E-state index < -0.39 is 0 Å². The van der Waals surface area contributed by atoms with E-state index in [9.17, 15) is 9.59 Å². The van der Waals surface area contributed by atoms with Crippen molar-refractivity contribution in [3.05, 3.63) is 57.8 Å². The fourth-order valence-electron chi connectivity index (χ4n) is 2.70. The number of carbonyl (C=O) groups excluding carboxylic acids is 2. The maximum atomic E-state index is 12.4. The highest BCUT2D eigenvalue weighted by Crippen LogP contribution is 2.24. The number of hydrogen-bond acceptors (Lipinski definition) is 3. The van der Waals surface area contributed by atoms with Crippen molar-refractivity contribution in [2.75, 3.05) is 18.4 Å². The standard InChI is InChI=1S/C18H18BrN3O2/c1-12-4-5-15(14(19)10-12)21-17(23)16-11-13(6-7-20-16)18(24)22-8-2-3-9-22/h4-7,10-11H,2-3,8-9H2,1H3,(H,21,23). The van der Waals surface area contributed by atoms with Crippen LogP contribution in [0.25, 0.3) is 0 Å². The van der Waals surface area contributed by atoms with Crippen LogP contribution in [-0.2, 0) is 0 Å². The van der Waals surface area contributed by atoms with Crippen LogP contribution in [0, 0.1) is 6.92 Å². The van der Waals surface area contributed by atoms with Crippen LogP contribution in [0.1, 0.15) is 39.3 Å². The summed E-state index contributed by atoms with van der Waals surface area (Å²) in [7, 11) is 0. The van der Waals surface area contributed by atoms with Gasteiger partial charge in [0.05, 0.1) is 5.69 Å². The Morgan fingerprint density at radius 3 is 2.62 bits per heavy atom. The lowest BCUT2D eigenvalue weighted by atomic mass is 10.2. The fraction of sp³-hybridized carbons (Fsp3) is 0.278. The minimum Gasteiger partial charge on any atom is -0.339 e. The highest BCUT2D eigenvalue weighted by atomic mass is 79.9. The number of carbonyl (C=O) groups is 2. The minimum absolute atomic E-state index is 0.0412. The van der Waals surface area contributed by atoms with E-state index in [2.05, 4.69) is 26.2 Å². The lowest BCUT2D eigenvalue weighted by molar-refractivity contribution is 0.0792. The number of amides is 2. The molecule has 124 valence electrons. The van der Waals surface area contributed by atoms with Crippen LogP contribution in [0.15, 0.2) is 41.0 Å². The number of aromatic nitrogens is 1. The third-order valence-electron chi connectivity index (χ3n) is 4.01. The maximum absolute atomic E-state index is 12.4. The molecule has 1 fully saturated rings. The van der Waals surface area contributed by atoms with Gasteiger partial charge in [0.15, 0.2) is 0 Å². The number of likely N-dealkylation sites (tertiary alicyclic amines) is 1. The van der Waals surface area contributed by atoms with Gasteiger partial charge >= 0.3 is 0 Å². The topological polar surface area (TPSA) is 62.3 Å². The Labute approximate surface area is 149 Å². The number of nitrogens with zero attached hydrogens (tertiary/aromatic N) is 2. The van der Waals surface area contributed by atoms with Crippen molar-refractivity contribution in [2.45, 2.75) is 19.8 Å². The SMILES string of the molecule is Cc1ccc(NC(=O)c2cc(C(=O)N3CCCC3)ccn2)c(Br)c1. The molecule has 0 bridgehead atoms. The predicted octanol–water partition coefficient (Wildman–Crippen LogP) is 3.64. The van der Waals surface area contributed by atoms with E-state index in [0.29, 0.717) is 11.3 Å². The molecule has 2 heterocycles. The first-order valence-electron chi connectivity index (χ1n) is 7.87. The largest absolute Gasteiger partial charge is 0.339 e. The van der Waals surface area contributed by atoms with Gasteiger partial charge in [0.25, 0.3) is 11.8 Å². The lowest BCUT2D eigenvalue weighted by Gasteiger charge is -2.15. The Hall–Kier alpha value is -2.21. The zero-order valence-electron chi connectivity index (χ0n) is 13.4. The summed E-state index contributed by atoms with van der Waals surface area (Å²) in [6.45, 7) is 3.53. The number of pyridine rings is 1. The van der Waals surface area contributed by atoms with Crippen LogP contribution in [-0.4, -0.2) is 34.8 Å². The molecule has 0 atom stereocenters. The zero-order chi connectivity index (χ0) is 17.1. The van der Waals surface area contributed by atoms with Crippen molar-refractivity contribution in [1.29, 1.82) is 0 Å². The molecule has 5 nitrogen and oxygen atoms in total. The molecule has 1 saturated heterocycles. The fourth-order valence-corrected chi connectivity index (χ4v) is 3.29. The van der Waals surface area contributed by atoms with Crippen LogP contribution in [0.4, 0.5) is 5.69 Å². The molecule has 0 spiro atoms. The van der Waals surface area contributed by atoms with Gasteiger partial charge in [0.1, 0.15) is 5.69 Å². The molecule has 6 heteroatoms. The van der Waals surface area contributed by atoms with Gasteiger partial charge in [0.2, 0.25) is 0 Å². The second-order valence-corrected chi connectivity index (χ2v) is 6.72. The van der Waals surface area contributed by atoms with Gasteiger partial charge in [-0.05, 0) is 65.5 Å². The van der Waals surface area contributed by atoms with Gasteiger partial charge in [-0.15, -0.1) is 0 Å². The van der Waals surface area contributed by atoms with E-state index in [1.54, 1.807) is 12.1 Å². The molecule has 1 N–H and O–H groups in total. The summed E-state index contributed by atoms with van der Waals surface area (Å²) in [5.74, 6) is -0.379. The number of rotatable bonds is 3. The van der Waals surface area contributed by atoms with Crippen LogP contribution in [0.5, 0.6) is 0 Å². The minimum atomic E-state index is -0.337. The monoisotopic (exact) mass is 387 g/mol.